The molecule has 200 valence electrons. The summed E-state index contributed by atoms with van der Waals surface area (Å²) in [5.74, 6) is -0.200. The Hall–Kier alpha value is -5.00. The van der Waals surface area contributed by atoms with Crippen LogP contribution in [0.2, 0.25) is 5.02 Å². The molecule has 1 aliphatic rings. The zero-order chi connectivity index (χ0) is 28.1. The van der Waals surface area contributed by atoms with Gasteiger partial charge in [0.05, 0.1) is 5.92 Å². The third kappa shape index (κ3) is 6.01. The smallest absolute Gasteiger partial charge is 0.349 e. The van der Waals surface area contributed by atoms with Crippen molar-refractivity contribution in [2.24, 2.45) is 5.73 Å². The SMILES string of the molecule is N#CC1=C(N)Oc2cc(OC(=O)COc3ccc(F)cc3)ccc2C1c1cccc(OCc2ccccc2Cl)c1. The van der Waals surface area contributed by atoms with E-state index in [-0.39, 0.29) is 30.4 Å². The minimum atomic E-state index is -0.666. The number of halogens is 2. The molecule has 0 aromatic heterocycles. The third-order valence-electron chi connectivity index (χ3n) is 6.14. The number of fused-ring (bicyclic) bond motifs is 1. The minimum absolute atomic E-state index is 0.0505. The summed E-state index contributed by atoms with van der Waals surface area (Å²) >= 11 is 6.25. The van der Waals surface area contributed by atoms with Crippen molar-refractivity contribution in [3.8, 4) is 29.1 Å². The van der Waals surface area contributed by atoms with Gasteiger partial charge in [0.2, 0.25) is 5.88 Å². The molecule has 0 saturated heterocycles. The fraction of sp³-hybridized carbons (Fsp3) is 0.0968. The number of ether oxygens (including phenoxy) is 4. The topological polar surface area (TPSA) is 104 Å². The summed E-state index contributed by atoms with van der Waals surface area (Å²) in [4.78, 5) is 12.3. The molecule has 1 aliphatic heterocycles. The van der Waals surface area contributed by atoms with Crippen molar-refractivity contribution in [2.45, 2.75) is 12.5 Å². The van der Waals surface area contributed by atoms with E-state index in [1.807, 2.05) is 42.5 Å². The summed E-state index contributed by atoms with van der Waals surface area (Å²) in [6, 6.07) is 27.0. The molecule has 5 rings (SSSR count). The monoisotopic (exact) mass is 556 g/mol. The quantitative estimate of drug-likeness (QED) is 0.202. The Morgan fingerprint density at radius 3 is 2.50 bits per heavy atom. The van der Waals surface area contributed by atoms with Gasteiger partial charge in [-0.1, -0.05) is 48.0 Å². The number of hydrogen-bond donors (Lipinski definition) is 1. The average molecular weight is 557 g/mol. The van der Waals surface area contributed by atoms with Crippen molar-refractivity contribution in [2.75, 3.05) is 6.61 Å². The lowest BCUT2D eigenvalue weighted by atomic mass is 9.83. The van der Waals surface area contributed by atoms with Crippen LogP contribution in [0, 0.1) is 17.1 Å². The second kappa shape index (κ2) is 11.8. The van der Waals surface area contributed by atoms with E-state index in [9.17, 15) is 14.4 Å². The van der Waals surface area contributed by atoms with Crippen LogP contribution in [0.25, 0.3) is 0 Å². The molecule has 0 bridgehead atoms. The van der Waals surface area contributed by atoms with Gasteiger partial charge in [0.15, 0.2) is 6.61 Å². The summed E-state index contributed by atoms with van der Waals surface area (Å²) in [7, 11) is 0. The molecule has 4 aromatic carbocycles. The molecule has 0 radical (unpaired) electrons. The molecule has 4 aromatic rings. The van der Waals surface area contributed by atoms with Crippen molar-refractivity contribution < 1.29 is 28.1 Å². The van der Waals surface area contributed by atoms with E-state index in [1.165, 1.54) is 30.3 Å². The van der Waals surface area contributed by atoms with Crippen LogP contribution in [0.5, 0.6) is 23.0 Å². The van der Waals surface area contributed by atoms with E-state index >= 15 is 0 Å². The van der Waals surface area contributed by atoms with E-state index in [4.69, 9.17) is 36.3 Å². The number of rotatable bonds is 8. The molecule has 1 heterocycles. The maximum atomic E-state index is 13.1. The van der Waals surface area contributed by atoms with Crippen LogP contribution >= 0.6 is 11.6 Å². The highest BCUT2D eigenvalue weighted by Gasteiger charge is 2.31. The summed E-state index contributed by atoms with van der Waals surface area (Å²) in [6.07, 6.45) is 0. The first-order chi connectivity index (χ1) is 19.4. The number of benzene rings is 4. The van der Waals surface area contributed by atoms with Crippen LogP contribution < -0.4 is 24.7 Å². The van der Waals surface area contributed by atoms with E-state index in [0.717, 1.165) is 11.1 Å². The van der Waals surface area contributed by atoms with Crippen molar-refractivity contribution in [1.29, 1.82) is 5.26 Å². The van der Waals surface area contributed by atoms with Gasteiger partial charge in [-0.2, -0.15) is 5.26 Å². The lowest BCUT2D eigenvalue weighted by Crippen LogP contribution is -2.21. The van der Waals surface area contributed by atoms with Crippen molar-refractivity contribution >= 4 is 17.6 Å². The van der Waals surface area contributed by atoms with E-state index in [2.05, 4.69) is 6.07 Å². The molecule has 0 saturated carbocycles. The predicted octanol–water partition coefficient (Wildman–Crippen LogP) is 6.26. The predicted molar refractivity (Wildman–Crippen MR) is 145 cm³/mol. The Morgan fingerprint density at radius 2 is 1.73 bits per heavy atom. The van der Waals surface area contributed by atoms with Gasteiger partial charge in [-0.25, -0.2) is 9.18 Å². The van der Waals surface area contributed by atoms with Crippen LogP contribution in [0.3, 0.4) is 0 Å². The second-order valence-corrected chi connectivity index (χ2v) is 9.20. The number of allylic oxidation sites excluding steroid dienone is 1. The van der Waals surface area contributed by atoms with Gasteiger partial charge in [-0.3, -0.25) is 0 Å². The zero-order valence-corrected chi connectivity index (χ0v) is 21.7. The van der Waals surface area contributed by atoms with Gasteiger partial charge in [-0.05, 0) is 54.1 Å². The highest BCUT2D eigenvalue weighted by atomic mass is 35.5. The number of carbonyl (C=O) groups excluding carboxylic acids is 1. The van der Waals surface area contributed by atoms with Crippen molar-refractivity contribution in [3.63, 3.8) is 0 Å². The van der Waals surface area contributed by atoms with E-state index in [1.54, 1.807) is 18.2 Å². The summed E-state index contributed by atoms with van der Waals surface area (Å²) in [5.41, 5.74) is 8.64. The number of carbonyl (C=O) groups is 1. The minimum Gasteiger partial charge on any atom is -0.489 e. The van der Waals surface area contributed by atoms with Crippen molar-refractivity contribution in [3.05, 3.63) is 130 Å². The molecule has 2 N–H and O–H groups in total. The van der Waals surface area contributed by atoms with Crippen LogP contribution in [0.1, 0.15) is 22.6 Å². The van der Waals surface area contributed by atoms with Gasteiger partial charge in [0.1, 0.15) is 47.1 Å². The molecule has 40 heavy (non-hydrogen) atoms. The highest BCUT2D eigenvalue weighted by Crippen LogP contribution is 2.44. The number of hydrogen-bond acceptors (Lipinski definition) is 7. The fourth-order valence-electron chi connectivity index (χ4n) is 4.24. The maximum absolute atomic E-state index is 13.1. The van der Waals surface area contributed by atoms with Crippen LogP contribution in [0.15, 0.2) is 102 Å². The number of esters is 1. The maximum Gasteiger partial charge on any atom is 0.349 e. The standard InChI is InChI=1S/C31H22ClFN2O5/c32-27-7-2-1-4-20(27)17-37-23-6-3-5-19(14-23)30-25-13-12-24(15-28(25)40-31(35)26(30)16-34)39-29(36)18-38-22-10-8-21(33)9-11-22/h1-15,30H,17-18,35H2. The van der Waals surface area contributed by atoms with Crippen LogP contribution in [-0.4, -0.2) is 12.6 Å². The zero-order valence-electron chi connectivity index (χ0n) is 21.0. The molecular formula is C31H22ClFN2O5. The third-order valence-corrected chi connectivity index (χ3v) is 6.50. The molecular weight excluding hydrogens is 535 g/mol. The Bertz CT molecular complexity index is 1630. The first-order valence-electron chi connectivity index (χ1n) is 12.2. The van der Waals surface area contributed by atoms with E-state index in [0.29, 0.717) is 27.8 Å². The Balaban J connectivity index is 1.34. The lowest BCUT2D eigenvalue weighted by Gasteiger charge is -2.27. The first kappa shape index (κ1) is 26.6. The average Bonchev–Trinajstić information content (AvgIpc) is 2.96. The molecule has 1 unspecified atom stereocenters. The van der Waals surface area contributed by atoms with Gasteiger partial charge in [0, 0.05) is 22.2 Å². The Kier molecular flexibility index (Phi) is 7.85. The molecule has 9 heteroatoms. The molecule has 0 amide bonds. The van der Waals surface area contributed by atoms with Gasteiger partial charge in [-0.15, -0.1) is 0 Å². The Labute approximate surface area is 234 Å². The number of nitrogens with two attached hydrogens (primary N) is 1. The largest absolute Gasteiger partial charge is 0.489 e. The molecule has 7 nitrogen and oxygen atoms in total. The fourth-order valence-corrected chi connectivity index (χ4v) is 4.43. The number of nitrogens with zero attached hydrogens (tertiary/aromatic N) is 1. The summed E-state index contributed by atoms with van der Waals surface area (Å²) in [6.45, 7) is -0.107. The van der Waals surface area contributed by atoms with Gasteiger partial charge < -0.3 is 24.7 Å². The summed E-state index contributed by atoms with van der Waals surface area (Å²) < 4.78 is 35.5. The number of nitriles is 1. The molecule has 1 atom stereocenters. The van der Waals surface area contributed by atoms with E-state index < -0.39 is 17.7 Å². The Morgan fingerprint density at radius 1 is 0.950 bits per heavy atom. The van der Waals surface area contributed by atoms with Crippen LogP contribution in [0.4, 0.5) is 4.39 Å². The lowest BCUT2D eigenvalue weighted by molar-refractivity contribution is -0.136. The molecule has 0 spiro atoms. The highest BCUT2D eigenvalue weighted by molar-refractivity contribution is 6.31. The van der Waals surface area contributed by atoms with Crippen molar-refractivity contribution in [1.82, 2.24) is 0 Å². The van der Waals surface area contributed by atoms with Crippen LogP contribution in [-0.2, 0) is 11.4 Å². The molecule has 0 aliphatic carbocycles. The second-order valence-electron chi connectivity index (χ2n) is 8.79. The summed E-state index contributed by atoms with van der Waals surface area (Å²) in [5, 5.41) is 10.5. The molecule has 0 fully saturated rings. The normalized spacial score (nSPS) is 14.0. The van der Waals surface area contributed by atoms with Gasteiger partial charge >= 0.3 is 5.97 Å². The first-order valence-corrected chi connectivity index (χ1v) is 12.6. The van der Waals surface area contributed by atoms with Gasteiger partial charge in [0.25, 0.3) is 0 Å².